The van der Waals surface area contributed by atoms with Crippen molar-refractivity contribution in [1.29, 1.82) is 0 Å². The molecular formula is C22H32FN3O3. The minimum absolute atomic E-state index is 0.138. The summed E-state index contributed by atoms with van der Waals surface area (Å²) in [5, 5.41) is 0. The number of nitrogens with zero attached hydrogens (tertiary/aromatic N) is 3. The molecule has 3 aliphatic rings. The van der Waals surface area contributed by atoms with Crippen LogP contribution in [0.1, 0.15) is 26.3 Å². The molecule has 3 fully saturated rings. The molecule has 1 aromatic carbocycles. The summed E-state index contributed by atoms with van der Waals surface area (Å²) in [6, 6.07) is 5.59. The Labute approximate surface area is 172 Å². The molecule has 0 spiro atoms. The first-order valence-electron chi connectivity index (χ1n) is 10.6. The lowest BCUT2D eigenvalue weighted by Crippen LogP contribution is -2.37. The summed E-state index contributed by atoms with van der Waals surface area (Å²) in [5.41, 5.74) is 1.21. The zero-order valence-electron chi connectivity index (χ0n) is 17.7. The number of amides is 1. The van der Waals surface area contributed by atoms with Gasteiger partial charge in [0.2, 0.25) is 0 Å². The SMILES string of the molecule is CC(C)(C)OC(=O)N1CC2CN(Cc3ccc(N4CCOCC4)cc3F)CC2C1. The van der Waals surface area contributed by atoms with Gasteiger partial charge in [-0.1, -0.05) is 6.07 Å². The molecule has 6 nitrogen and oxygen atoms in total. The molecule has 0 N–H and O–H groups in total. The van der Waals surface area contributed by atoms with Crippen LogP contribution in [0.4, 0.5) is 14.9 Å². The Balaban J connectivity index is 1.31. The van der Waals surface area contributed by atoms with Gasteiger partial charge in [-0.2, -0.15) is 0 Å². The number of hydrogen-bond donors (Lipinski definition) is 0. The van der Waals surface area contributed by atoms with Gasteiger partial charge in [-0.15, -0.1) is 0 Å². The summed E-state index contributed by atoms with van der Waals surface area (Å²) in [5.74, 6) is 0.748. The average Bonchev–Trinajstić information content (AvgIpc) is 3.21. The molecule has 2 atom stereocenters. The van der Waals surface area contributed by atoms with Gasteiger partial charge in [-0.3, -0.25) is 4.90 Å². The maximum atomic E-state index is 14.7. The Bertz CT molecular complexity index is 731. The van der Waals surface area contributed by atoms with Crippen LogP contribution in [0.3, 0.4) is 0 Å². The summed E-state index contributed by atoms with van der Waals surface area (Å²) in [6.45, 7) is 12.6. The predicted molar refractivity (Wildman–Crippen MR) is 109 cm³/mol. The molecule has 3 aliphatic heterocycles. The molecular weight excluding hydrogens is 373 g/mol. The van der Waals surface area contributed by atoms with Crippen LogP contribution in [0.5, 0.6) is 0 Å². The lowest BCUT2D eigenvalue weighted by atomic mass is 10.0. The van der Waals surface area contributed by atoms with E-state index in [1.165, 1.54) is 0 Å². The number of rotatable bonds is 3. The molecule has 0 aromatic heterocycles. The molecule has 3 saturated heterocycles. The summed E-state index contributed by atoms with van der Waals surface area (Å²) >= 11 is 0. The van der Waals surface area contributed by atoms with Gasteiger partial charge in [0.25, 0.3) is 0 Å². The van der Waals surface area contributed by atoms with Crippen molar-refractivity contribution in [2.24, 2.45) is 11.8 Å². The third-order valence-corrected chi connectivity index (χ3v) is 6.02. The van der Waals surface area contributed by atoms with Crippen molar-refractivity contribution in [3.05, 3.63) is 29.6 Å². The van der Waals surface area contributed by atoms with Gasteiger partial charge in [0.05, 0.1) is 13.2 Å². The largest absolute Gasteiger partial charge is 0.444 e. The van der Waals surface area contributed by atoms with E-state index in [2.05, 4.69) is 9.80 Å². The van der Waals surface area contributed by atoms with Crippen LogP contribution in [-0.4, -0.2) is 74.0 Å². The van der Waals surface area contributed by atoms with Crippen molar-refractivity contribution >= 4 is 11.8 Å². The summed E-state index contributed by atoms with van der Waals surface area (Å²) < 4.78 is 25.6. The number of ether oxygens (including phenoxy) is 2. The molecule has 4 rings (SSSR count). The van der Waals surface area contributed by atoms with Crippen LogP contribution < -0.4 is 4.90 Å². The normalized spacial score (nSPS) is 25.4. The Morgan fingerprint density at radius 2 is 1.79 bits per heavy atom. The molecule has 3 heterocycles. The number of anilines is 1. The average molecular weight is 406 g/mol. The molecule has 0 radical (unpaired) electrons. The molecule has 29 heavy (non-hydrogen) atoms. The van der Waals surface area contributed by atoms with Crippen LogP contribution in [0.15, 0.2) is 18.2 Å². The van der Waals surface area contributed by atoms with E-state index in [0.717, 1.165) is 50.5 Å². The van der Waals surface area contributed by atoms with Crippen LogP contribution in [-0.2, 0) is 16.0 Å². The Morgan fingerprint density at radius 1 is 1.14 bits per heavy atom. The maximum absolute atomic E-state index is 14.7. The summed E-state index contributed by atoms with van der Waals surface area (Å²) in [7, 11) is 0. The zero-order valence-corrected chi connectivity index (χ0v) is 17.7. The number of likely N-dealkylation sites (tertiary alicyclic amines) is 2. The van der Waals surface area contributed by atoms with E-state index in [-0.39, 0.29) is 11.9 Å². The van der Waals surface area contributed by atoms with E-state index in [1.807, 2.05) is 37.8 Å². The highest BCUT2D eigenvalue weighted by molar-refractivity contribution is 5.68. The van der Waals surface area contributed by atoms with Crippen molar-refractivity contribution in [1.82, 2.24) is 9.80 Å². The van der Waals surface area contributed by atoms with Crippen LogP contribution >= 0.6 is 0 Å². The van der Waals surface area contributed by atoms with Crippen LogP contribution in [0.2, 0.25) is 0 Å². The molecule has 7 heteroatoms. The Morgan fingerprint density at radius 3 is 2.38 bits per heavy atom. The molecule has 0 saturated carbocycles. The third-order valence-electron chi connectivity index (χ3n) is 6.02. The minimum atomic E-state index is -0.467. The van der Waals surface area contributed by atoms with Gasteiger partial charge < -0.3 is 19.3 Å². The summed E-state index contributed by atoms with van der Waals surface area (Å²) in [6.07, 6.45) is -0.219. The number of carbonyl (C=O) groups is 1. The van der Waals surface area contributed by atoms with Crippen LogP contribution in [0, 0.1) is 17.7 Å². The number of halogens is 1. The highest BCUT2D eigenvalue weighted by atomic mass is 19.1. The molecule has 0 aliphatic carbocycles. The van der Waals surface area contributed by atoms with Gasteiger partial charge in [0.15, 0.2) is 0 Å². The lowest BCUT2D eigenvalue weighted by molar-refractivity contribution is 0.0274. The number of benzene rings is 1. The smallest absolute Gasteiger partial charge is 0.410 e. The quantitative estimate of drug-likeness (QED) is 0.774. The van der Waals surface area contributed by atoms with E-state index >= 15 is 0 Å². The van der Waals surface area contributed by atoms with Crippen molar-refractivity contribution < 1.29 is 18.7 Å². The van der Waals surface area contributed by atoms with E-state index in [9.17, 15) is 9.18 Å². The zero-order chi connectivity index (χ0) is 20.6. The van der Waals surface area contributed by atoms with E-state index in [4.69, 9.17) is 9.47 Å². The molecule has 1 aromatic rings. The number of hydrogen-bond acceptors (Lipinski definition) is 5. The first-order valence-corrected chi connectivity index (χ1v) is 10.6. The topological polar surface area (TPSA) is 45.2 Å². The molecule has 2 unspecified atom stereocenters. The standard InChI is InChI=1S/C22H32FN3O3/c1-22(2,3)29-21(27)26-14-17-12-24(13-18(17)15-26)11-16-4-5-19(10-20(16)23)25-6-8-28-9-7-25/h4-5,10,17-18H,6-9,11-15H2,1-3H3. The highest BCUT2D eigenvalue weighted by Crippen LogP contribution is 2.33. The van der Waals surface area contributed by atoms with Gasteiger partial charge in [-0.05, 0) is 44.7 Å². The van der Waals surface area contributed by atoms with Gasteiger partial charge in [-0.25, -0.2) is 9.18 Å². The van der Waals surface area contributed by atoms with Crippen molar-refractivity contribution in [3.63, 3.8) is 0 Å². The van der Waals surface area contributed by atoms with Gasteiger partial charge >= 0.3 is 6.09 Å². The fourth-order valence-electron chi connectivity index (χ4n) is 4.62. The third kappa shape index (κ3) is 4.83. The first kappa shape index (κ1) is 20.4. The van der Waals surface area contributed by atoms with Gasteiger partial charge in [0.1, 0.15) is 11.4 Å². The second-order valence-electron chi connectivity index (χ2n) is 9.47. The van der Waals surface area contributed by atoms with E-state index in [0.29, 0.717) is 31.6 Å². The number of fused-ring (bicyclic) bond motifs is 1. The first-order chi connectivity index (χ1) is 13.8. The minimum Gasteiger partial charge on any atom is -0.444 e. The van der Waals surface area contributed by atoms with Crippen molar-refractivity contribution in [2.45, 2.75) is 32.9 Å². The fraction of sp³-hybridized carbons (Fsp3) is 0.682. The Hall–Kier alpha value is -1.86. The lowest BCUT2D eigenvalue weighted by Gasteiger charge is -2.29. The molecule has 0 bridgehead atoms. The van der Waals surface area contributed by atoms with Crippen LogP contribution in [0.25, 0.3) is 0 Å². The second-order valence-corrected chi connectivity index (χ2v) is 9.47. The summed E-state index contributed by atoms with van der Waals surface area (Å²) in [4.78, 5) is 18.6. The van der Waals surface area contributed by atoms with E-state index < -0.39 is 5.60 Å². The molecule has 1 amide bonds. The van der Waals surface area contributed by atoms with Crippen molar-refractivity contribution in [3.8, 4) is 0 Å². The van der Waals surface area contributed by atoms with Gasteiger partial charge in [0, 0.05) is 57.1 Å². The predicted octanol–water partition coefficient (Wildman–Crippen LogP) is 2.96. The maximum Gasteiger partial charge on any atom is 0.410 e. The van der Waals surface area contributed by atoms with E-state index in [1.54, 1.807) is 6.07 Å². The number of morpholine rings is 1. The fourth-order valence-corrected chi connectivity index (χ4v) is 4.62. The highest BCUT2D eigenvalue weighted by Gasteiger charge is 2.42. The van der Waals surface area contributed by atoms with Crippen molar-refractivity contribution in [2.75, 3.05) is 57.4 Å². The monoisotopic (exact) mass is 405 g/mol. The Kier molecular flexibility index (Phi) is 5.71. The number of carbonyl (C=O) groups excluding carboxylic acids is 1. The molecule has 160 valence electrons. The second kappa shape index (κ2) is 8.11.